The van der Waals surface area contributed by atoms with Gasteiger partial charge in [-0.05, 0) is 43.5 Å². The highest BCUT2D eigenvalue weighted by Crippen LogP contribution is 2.42. The van der Waals surface area contributed by atoms with Crippen molar-refractivity contribution in [3.05, 3.63) is 60.7 Å². The maximum atomic E-state index is 12.3. The number of amides is 1. The van der Waals surface area contributed by atoms with Gasteiger partial charge in [-0.1, -0.05) is 19.3 Å². The maximum Gasteiger partial charge on any atom is 0.380 e. The van der Waals surface area contributed by atoms with E-state index in [-0.39, 0.29) is 5.91 Å². The number of rotatable bonds is 13. The third-order valence-electron chi connectivity index (χ3n) is 7.78. The second kappa shape index (κ2) is 11.4. The van der Waals surface area contributed by atoms with Gasteiger partial charge in [0.1, 0.15) is 24.8 Å². The topological polar surface area (TPSA) is 91.2 Å². The van der Waals surface area contributed by atoms with Crippen LogP contribution in [0.4, 0.5) is 5.69 Å². The number of anilines is 1. The van der Waals surface area contributed by atoms with Crippen molar-refractivity contribution in [2.75, 3.05) is 11.9 Å². The molecule has 3 aromatic rings. The minimum Gasteiger partial charge on any atom is -0.326 e. The highest BCUT2D eigenvalue weighted by Gasteiger charge is 2.62. The van der Waals surface area contributed by atoms with Crippen molar-refractivity contribution >= 4 is 23.6 Å². The van der Waals surface area contributed by atoms with Crippen LogP contribution in [0.1, 0.15) is 62.9 Å². The molecule has 0 aliphatic carbocycles. The van der Waals surface area contributed by atoms with Gasteiger partial charge in [0.05, 0.1) is 32.7 Å². The average molecular weight is 529 g/mol. The van der Waals surface area contributed by atoms with Crippen molar-refractivity contribution in [2.45, 2.75) is 69.2 Å². The summed E-state index contributed by atoms with van der Waals surface area (Å²) in [5.74, 6) is 7.72. The van der Waals surface area contributed by atoms with E-state index in [0.717, 1.165) is 53.0 Å². The lowest BCUT2D eigenvalue weighted by atomic mass is 10.1. The van der Waals surface area contributed by atoms with Gasteiger partial charge < -0.3 is 5.32 Å². The van der Waals surface area contributed by atoms with Crippen LogP contribution in [-0.2, 0) is 41.3 Å². The molecule has 37 heavy (non-hydrogen) atoms. The van der Waals surface area contributed by atoms with E-state index in [1.165, 1.54) is 43.9 Å². The minimum absolute atomic E-state index is 0.0565. The number of fused-ring (bicyclic) bond motifs is 5. The molecule has 3 N–H and O–H groups in total. The van der Waals surface area contributed by atoms with Crippen LogP contribution < -0.4 is 20.3 Å². The summed E-state index contributed by atoms with van der Waals surface area (Å²) in [7, 11) is 4.32. The van der Waals surface area contributed by atoms with Crippen LogP contribution in [0.5, 0.6) is 0 Å². The first-order chi connectivity index (χ1) is 18.0. The molecule has 0 fully saturated rings. The Balaban J connectivity index is 1.00. The number of nitrogens with two attached hydrogens (primary N) is 1. The van der Waals surface area contributed by atoms with E-state index in [9.17, 15) is 4.79 Å². The van der Waals surface area contributed by atoms with Crippen LogP contribution in [-0.4, -0.2) is 26.1 Å². The van der Waals surface area contributed by atoms with E-state index in [0.29, 0.717) is 12.7 Å². The molecule has 2 aliphatic rings. The number of carbonyl (C=O) groups excluding carboxylic acids is 1. The molecule has 0 radical (unpaired) electrons. The Morgan fingerprint density at radius 2 is 1.59 bits per heavy atom. The molecule has 5 rings (SSSR count). The number of hydrogen-bond donors (Lipinski definition) is 2. The number of quaternary nitrogens is 1. The van der Waals surface area contributed by atoms with Gasteiger partial charge in [0, 0.05) is 17.0 Å². The molecule has 198 valence electrons. The molecule has 2 aliphatic heterocycles. The number of aryl methyl sites for hydroxylation is 2. The zero-order valence-corrected chi connectivity index (χ0v) is 22.5. The Morgan fingerprint density at radius 1 is 1.00 bits per heavy atom. The van der Waals surface area contributed by atoms with E-state index in [1.807, 2.05) is 24.3 Å². The quantitative estimate of drug-likeness (QED) is 0.0889. The predicted octanol–water partition coefficient (Wildman–Crippen LogP) is 2.99. The lowest BCUT2D eigenvalue weighted by molar-refractivity contribution is -0.982. The van der Waals surface area contributed by atoms with E-state index >= 15 is 0 Å². The monoisotopic (exact) mass is 528 g/mol. The summed E-state index contributed by atoms with van der Waals surface area (Å²) in [6.07, 6.45) is 16.6. The van der Waals surface area contributed by atoms with Gasteiger partial charge in [-0.2, -0.15) is 5.90 Å². The van der Waals surface area contributed by atoms with Crippen molar-refractivity contribution < 1.29 is 27.7 Å². The predicted molar refractivity (Wildman–Crippen MR) is 138 cm³/mol. The molecule has 0 atom stereocenters. The lowest BCUT2D eigenvalue weighted by Crippen LogP contribution is -2.46. The number of unbranched alkanes of at least 4 members (excludes halogenated alkanes) is 5. The first-order valence-electron chi connectivity index (χ1n) is 13.1. The van der Waals surface area contributed by atoms with Gasteiger partial charge in [-0.3, -0.25) is 4.79 Å². The SMILES string of the molecule is C[n+]1ccn2c1C[N+]1(CCCCCCCCC(=O)Nc3ccc(SOON)cc3)Cc3n(cc[n+]3C)C21. The molecule has 10 nitrogen and oxygen atoms in total. The fourth-order valence-electron chi connectivity index (χ4n) is 5.87. The zero-order valence-electron chi connectivity index (χ0n) is 21.7. The summed E-state index contributed by atoms with van der Waals surface area (Å²) in [4.78, 5) is 17.2. The van der Waals surface area contributed by atoms with Crippen molar-refractivity contribution in [1.29, 1.82) is 0 Å². The van der Waals surface area contributed by atoms with Crippen molar-refractivity contribution in [3.63, 3.8) is 0 Å². The summed E-state index contributed by atoms with van der Waals surface area (Å²) in [5.41, 5.74) is 0.776. The van der Waals surface area contributed by atoms with Crippen LogP contribution in [0.25, 0.3) is 0 Å². The normalized spacial score (nSPS) is 19.6. The molecule has 0 unspecified atom stereocenters. The summed E-state index contributed by atoms with van der Waals surface area (Å²) in [6, 6.07) is 7.36. The van der Waals surface area contributed by atoms with Gasteiger partial charge in [0.2, 0.25) is 5.91 Å². The third kappa shape index (κ3) is 5.46. The Kier molecular flexibility index (Phi) is 7.96. The fourth-order valence-corrected chi connectivity index (χ4v) is 6.24. The van der Waals surface area contributed by atoms with E-state index < -0.39 is 0 Å². The first-order valence-corrected chi connectivity index (χ1v) is 13.8. The second-order valence-corrected chi connectivity index (χ2v) is 11.0. The highest BCUT2D eigenvalue weighted by molar-refractivity contribution is 7.94. The van der Waals surface area contributed by atoms with Crippen LogP contribution >= 0.6 is 12.0 Å². The van der Waals surface area contributed by atoms with Crippen LogP contribution in [0, 0.1) is 0 Å². The zero-order chi connectivity index (χ0) is 25.8. The summed E-state index contributed by atoms with van der Waals surface area (Å²) in [6.45, 7) is 3.37. The second-order valence-electron chi connectivity index (χ2n) is 10.3. The average Bonchev–Trinajstić information content (AvgIpc) is 3.59. The molecule has 1 amide bonds. The lowest BCUT2D eigenvalue weighted by Gasteiger charge is -2.28. The van der Waals surface area contributed by atoms with Gasteiger partial charge in [-0.15, -0.1) is 18.5 Å². The molecular formula is C26H38N7O3S+3. The van der Waals surface area contributed by atoms with E-state index in [2.05, 4.69) is 71.8 Å². The maximum absolute atomic E-state index is 12.3. The summed E-state index contributed by atoms with van der Waals surface area (Å²) < 4.78 is 15.2. The van der Waals surface area contributed by atoms with Crippen molar-refractivity contribution in [2.24, 2.45) is 20.0 Å². The number of benzene rings is 1. The Labute approximate surface area is 222 Å². The van der Waals surface area contributed by atoms with Crippen molar-refractivity contribution in [3.8, 4) is 0 Å². The van der Waals surface area contributed by atoms with Crippen LogP contribution in [0.2, 0.25) is 0 Å². The van der Waals surface area contributed by atoms with E-state index in [4.69, 9.17) is 5.90 Å². The molecular weight excluding hydrogens is 490 g/mol. The fraction of sp³-hybridized carbons (Fsp3) is 0.500. The highest BCUT2D eigenvalue weighted by atomic mass is 32.2. The Hall–Kier alpha value is -2.70. The van der Waals surface area contributed by atoms with Gasteiger partial charge in [0.25, 0.3) is 0 Å². The minimum atomic E-state index is 0.0565. The van der Waals surface area contributed by atoms with Gasteiger partial charge >= 0.3 is 17.9 Å². The summed E-state index contributed by atoms with van der Waals surface area (Å²) >= 11 is 1.02. The molecule has 0 bridgehead atoms. The first kappa shape index (κ1) is 25.9. The molecule has 0 spiro atoms. The Bertz CT molecular complexity index is 1170. The summed E-state index contributed by atoms with van der Waals surface area (Å²) in [5, 5.41) is 2.95. The number of hydrogen-bond acceptors (Lipinski definition) is 5. The number of imidazole rings is 2. The Morgan fingerprint density at radius 3 is 2.22 bits per heavy atom. The van der Waals surface area contributed by atoms with E-state index in [1.54, 1.807) is 0 Å². The molecule has 0 saturated heterocycles. The number of nitrogens with zero attached hydrogens (tertiary/aromatic N) is 5. The van der Waals surface area contributed by atoms with Crippen molar-refractivity contribution in [1.82, 2.24) is 9.13 Å². The molecule has 2 aromatic heterocycles. The molecule has 1 aromatic carbocycles. The molecule has 11 heteroatoms. The van der Waals surface area contributed by atoms with Gasteiger partial charge in [0.15, 0.2) is 13.1 Å². The largest absolute Gasteiger partial charge is 0.380 e. The number of aromatic nitrogens is 4. The third-order valence-corrected chi connectivity index (χ3v) is 8.39. The molecule has 0 saturated carbocycles. The van der Waals surface area contributed by atoms with Crippen LogP contribution in [0.15, 0.2) is 53.9 Å². The number of carbonyl (C=O) groups is 1. The smallest absolute Gasteiger partial charge is 0.326 e. The standard InChI is InChI=1S/C26H37N7O3S/c1-29-14-16-31-24(29)19-33(20-25-30(2)15-17-32(25)26(31)33)18-8-6-4-3-5-7-9-23(34)28-21-10-12-22(13-11-21)37-36-35-27/h10-17,26H,3-9,18-20,27H2,1-2H3/q+2/p+1. The van der Waals surface area contributed by atoms with Crippen LogP contribution in [0.3, 0.4) is 0 Å². The number of nitrogens with one attached hydrogen (secondary N) is 1. The molecule has 4 heterocycles. The van der Waals surface area contributed by atoms with Gasteiger partial charge in [-0.25, -0.2) is 13.6 Å².